The Morgan fingerprint density at radius 3 is 2.34 bits per heavy atom. The molecule has 0 unspecified atom stereocenters. The van der Waals surface area contributed by atoms with Crippen LogP contribution in [0, 0.1) is 13.8 Å². The Kier molecular flexibility index (Phi) is 8.66. The molecule has 0 radical (unpaired) electrons. The van der Waals surface area contributed by atoms with Crippen molar-refractivity contribution in [3.63, 3.8) is 0 Å². The number of hydrogen-bond donors (Lipinski definition) is 1. The smallest absolute Gasteiger partial charge is 0.365 e. The molecule has 0 atom stereocenters. The summed E-state index contributed by atoms with van der Waals surface area (Å²) in [6, 6.07) is 6.50. The van der Waals surface area contributed by atoms with E-state index in [0.29, 0.717) is 11.3 Å². The van der Waals surface area contributed by atoms with E-state index >= 15 is 0 Å². The Morgan fingerprint density at radius 1 is 1.17 bits per heavy atom. The van der Waals surface area contributed by atoms with Gasteiger partial charge >= 0.3 is 6.18 Å². The van der Waals surface area contributed by atoms with Gasteiger partial charge in [-0.15, -0.1) is 34.4 Å². The summed E-state index contributed by atoms with van der Waals surface area (Å²) < 4.78 is 35.6. The maximum absolute atomic E-state index is 11.9. The number of carbonyl (C=O) groups is 1. The predicted octanol–water partition coefficient (Wildman–Crippen LogP) is 6.01. The number of nitrogens with one attached hydrogen (secondary N) is 1. The van der Waals surface area contributed by atoms with Crippen LogP contribution in [0.3, 0.4) is 0 Å². The molecule has 156 valence electrons. The zero-order valence-electron chi connectivity index (χ0n) is 16.0. The molecule has 0 spiro atoms. The van der Waals surface area contributed by atoms with E-state index in [0.717, 1.165) is 45.1 Å². The van der Waals surface area contributed by atoms with Crippen LogP contribution < -0.4 is 5.32 Å². The number of rotatable bonds is 6. The Labute approximate surface area is 179 Å². The Balaban J connectivity index is 0.000000207. The van der Waals surface area contributed by atoms with E-state index in [1.165, 1.54) is 4.88 Å². The lowest BCUT2D eigenvalue weighted by Gasteiger charge is -2.05. The minimum Gasteiger partial charge on any atom is -0.365 e. The van der Waals surface area contributed by atoms with Gasteiger partial charge in [0.25, 0.3) is 0 Å². The average Bonchev–Trinajstić information content (AvgIpc) is 3.27. The number of benzene rings is 1. The first kappa shape index (κ1) is 23.4. The summed E-state index contributed by atoms with van der Waals surface area (Å²) in [6.45, 7) is 4.05. The molecule has 10 heteroatoms. The van der Waals surface area contributed by atoms with Crippen molar-refractivity contribution < 1.29 is 18.0 Å². The number of hydrogen-bond acceptors (Lipinski definition) is 7. The average molecular weight is 460 g/mol. The van der Waals surface area contributed by atoms with Crippen LogP contribution in [-0.4, -0.2) is 35.2 Å². The van der Waals surface area contributed by atoms with Crippen LogP contribution in [0.5, 0.6) is 0 Å². The summed E-state index contributed by atoms with van der Waals surface area (Å²) in [7, 11) is 1.88. The van der Waals surface area contributed by atoms with Gasteiger partial charge in [-0.25, -0.2) is 9.97 Å². The number of thiazole rings is 2. The maximum atomic E-state index is 11.9. The molecule has 0 aliphatic rings. The number of carbonyl (C=O) groups excluding carboxylic acids is 1. The summed E-state index contributed by atoms with van der Waals surface area (Å²) in [5.74, 6) is -0.889. The molecule has 2 heterocycles. The van der Waals surface area contributed by atoms with Crippen LogP contribution in [0.15, 0.2) is 34.5 Å². The maximum Gasteiger partial charge on any atom is 0.398 e. The fourth-order valence-electron chi connectivity index (χ4n) is 2.24. The number of thioether (sulfide) groups is 1. The summed E-state index contributed by atoms with van der Waals surface area (Å²) in [4.78, 5) is 20.7. The van der Waals surface area contributed by atoms with Crippen molar-refractivity contribution in [3.05, 3.63) is 45.9 Å². The molecule has 0 bridgehead atoms. The molecule has 3 rings (SSSR count). The van der Waals surface area contributed by atoms with Gasteiger partial charge in [0.05, 0.1) is 27.0 Å². The lowest BCUT2D eigenvalue weighted by Crippen LogP contribution is -2.10. The van der Waals surface area contributed by atoms with Gasteiger partial charge in [0.1, 0.15) is 6.29 Å². The number of anilines is 1. The zero-order chi connectivity index (χ0) is 21.4. The quantitative estimate of drug-likeness (QED) is 0.362. The lowest BCUT2D eigenvalue weighted by molar-refractivity contribution is -0.107. The van der Waals surface area contributed by atoms with Crippen LogP contribution in [0.2, 0.25) is 0 Å². The van der Waals surface area contributed by atoms with Gasteiger partial charge in [0.15, 0.2) is 5.13 Å². The second-order valence-corrected chi connectivity index (χ2v) is 8.96. The van der Waals surface area contributed by atoms with Crippen molar-refractivity contribution in [2.24, 2.45) is 0 Å². The van der Waals surface area contributed by atoms with E-state index in [2.05, 4.69) is 20.7 Å². The zero-order valence-corrected chi connectivity index (χ0v) is 18.5. The third-order valence-electron chi connectivity index (χ3n) is 3.50. The van der Waals surface area contributed by atoms with E-state index in [4.69, 9.17) is 0 Å². The highest BCUT2D eigenvalue weighted by Gasteiger charge is 2.27. The Bertz CT molecular complexity index is 921. The molecule has 4 nitrogen and oxygen atoms in total. The summed E-state index contributed by atoms with van der Waals surface area (Å²) in [5.41, 5.74) is 2.91. The topological polar surface area (TPSA) is 54.9 Å². The summed E-state index contributed by atoms with van der Waals surface area (Å²) in [5, 5.41) is 7.14. The molecule has 0 aliphatic heterocycles. The highest BCUT2D eigenvalue weighted by atomic mass is 32.2. The third kappa shape index (κ3) is 7.79. The first-order valence-electron chi connectivity index (χ1n) is 8.51. The molecule has 1 N–H and O–H groups in total. The standard InChI is InChI=1S/C10H9F3OS.C9H11N3S2/c11-10(12,13)7-15-9-3-1-8(2-4-9)5-6-14;1-5-8(14-6(2)11-5)7-4-13-9(10-3)12-7/h1-4,6H,5,7H2;4H,1-3H3,(H,10,12). The second kappa shape index (κ2) is 10.7. The number of aromatic nitrogens is 2. The molecule has 2 aromatic heterocycles. The van der Waals surface area contributed by atoms with Crippen LogP contribution in [0.25, 0.3) is 10.6 Å². The van der Waals surface area contributed by atoms with Gasteiger partial charge in [-0.1, -0.05) is 12.1 Å². The highest BCUT2D eigenvalue weighted by Crippen LogP contribution is 2.31. The predicted molar refractivity (Wildman–Crippen MR) is 115 cm³/mol. The van der Waals surface area contributed by atoms with E-state index in [1.807, 2.05) is 20.9 Å². The van der Waals surface area contributed by atoms with E-state index in [1.54, 1.807) is 46.9 Å². The monoisotopic (exact) mass is 459 g/mol. The van der Waals surface area contributed by atoms with Gasteiger partial charge in [-0.05, 0) is 31.5 Å². The molecular weight excluding hydrogens is 439 g/mol. The first-order chi connectivity index (χ1) is 13.7. The molecule has 3 aromatic rings. The second-order valence-electron chi connectivity index (χ2n) is 5.85. The molecule has 29 heavy (non-hydrogen) atoms. The molecule has 0 saturated carbocycles. The Morgan fingerprint density at radius 2 is 1.86 bits per heavy atom. The van der Waals surface area contributed by atoms with E-state index < -0.39 is 11.9 Å². The van der Waals surface area contributed by atoms with E-state index in [9.17, 15) is 18.0 Å². The highest BCUT2D eigenvalue weighted by molar-refractivity contribution is 7.99. The number of aldehydes is 1. The van der Waals surface area contributed by atoms with Crippen LogP contribution in [0.1, 0.15) is 16.3 Å². The summed E-state index contributed by atoms with van der Waals surface area (Å²) in [6.07, 6.45) is -3.09. The van der Waals surface area contributed by atoms with Crippen molar-refractivity contribution in [3.8, 4) is 10.6 Å². The van der Waals surface area contributed by atoms with Crippen LogP contribution >= 0.6 is 34.4 Å². The van der Waals surface area contributed by atoms with Crippen LogP contribution in [0.4, 0.5) is 18.3 Å². The number of aryl methyl sites for hydroxylation is 2. The third-order valence-corrected chi connectivity index (χ3v) is 6.53. The fourth-order valence-corrected chi connectivity index (χ4v) is 4.52. The molecule has 0 amide bonds. The van der Waals surface area contributed by atoms with Gasteiger partial charge in [0, 0.05) is 23.7 Å². The first-order valence-corrected chi connectivity index (χ1v) is 11.2. The van der Waals surface area contributed by atoms with Crippen molar-refractivity contribution in [2.45, 2.75) is 31.3 Å². The van der Waals surface area contributed by atoms with Crippen molar-refractivity contribution in [1.82, 2.24) is 9.97 Å². The minimum atomic E-state index is -4.15. The number of halogens is 3. The van der Waals surface area contributed by atoms with Crippen LogP contribution in [-0.2, 0) is 11.2 Å². The van der Waals surface area contributed by atoms with Gasteiger partial charge < -0.3 is 10.1 Å². The van der Waals surface area contributed by atoms with E-state index in [-0.39, 0.29) is 0 Å². The van der Waals surface area contributed by atoms with Gasteiger partial charge in [-0.2, -0.15) is 13.2 Å². The molecule has 0 aliphatic carbocycles. The van der Waals surface area contributed by atoms with Crippen molar-refractivity contribution in [1.29, 1.82) is 0 Å². The normalized spacial score (nSPS) is 11.0. The van der Waals surface area contributed by atoms with Gasteiger partial charge in [0.2, 0.25) is 0 Å². The SMILES string of the molecule is CNc1nc(-c2sc(C)nc2C)cs1.O=CCc1ccc(SCC(F)(F)F)cc1. The number of alkyl halides is 3. The number of nitrogens with zero attached hydrogens (tertiary/aromatic N) is 2. The Hall–Kier alpha value is -1.91. The van der Waals surface area contributed by atoms with Crippen molar-refractivity contribution >= 4 is 45.9 Å². The molecular formula is C19H20F3N3OS3. The lowest BCUT2D eigenvalue weighted by atomic mass is 10.2. The summed E-state index contributed by atoms with van der Waals surface area (Å²) >= 11 is 4.06. The molecule has 1 aromatic carbocycles. The molecule has 0 saturated heterocycles. The van der Waals surface area contributed by atoms with Gasteiger partial charge in [-0.3, -0.25) is 0 Å². The fraction of sp³-hybridized carbons (Fsp3) is 0.316. The minimum absolute atomic E-state index is 0.296. The largest absolute Gasteiger partial charge is 0.398 e. The van der Waals surface area contributed by atoms with Crippen molar-refractivity contribution in [2.75, 3.05) is 18.1 Å². The molecule has 0 fully saturated rings.